The fourth-order valence-corrected chi connectivity index (χ4v) is 12.4. The molecule has 16 nitrogen and oxygen atoms in total. The lowest BCUT2D eigenvalue weighted by Gasteiger charge is -2.59. The summed E-state index contributed by atoms with van der Waals surface area (Å²) in [5.41, 5.74) is 0.713. The number of hydrogen-bond acceptors (Lipinski definition) is 14. The van der Waals surface area contributed by atoms with Crippen molar-refractivity contribution in [1.82, 2.24) is 0 Å². The van der Waals surface area contributed by atoms with Crippen molar-refractivity contribution in [3.8, 4) is 0 Å². The molecular weight excluding hydrogens is 756 g/mol. The summed E-state index contributed by atoms with van der Waals surface area (Å²) in [7, 11) is -4.86. The van der Waals surface area contributed by atoms with Gasteiger partial charge in [0.1, 0.15) is 36.6 Å². The third kappa shape index (κ3) is 7.64. The summed E-state index contributed by atoms with van der Waals surface area (Å²) in [6, 6.07) is 0. The standard InChI is InChI=1S/C39H62O16S/c1-16(2)17(3)31-32(52-31)18(4)21-7-8-22-20-14-26(55-56(47,48)49)24-13-19(9-11-39(24,6)23(20)10-12-38(21,22)5)51-37-34(29(43)28(42)33(53-37)35(45)46)54-36-30(44)27(41)25(40)15-50-36/h10,16-22,24-34,36-37,40-44H,7-9,11-15H2,1-6H3,(H,45,46)(H,47,48,49)/t17-,18-,19-,20-,21+,22-,24+,25-,26-,27-,28-,29-,30+,31-,32-,33-,34+,36-,37+,38+,39+/m0/s1. The molecule has 3 saturated heterocycles. The zero-order chi connectivity index (χ0) is 40.8. The minimum absolute atomic E-state index is 0.0273. The minimum Gasteiger partial charge on any atom is -0.479 e. The molecule has 6 fully saturated rings. The van der Waals surface area contributed by atoms with Crippen LogP contribution in [-0.4, -0.2) is 136 Å². The highest BCUT2D eigenvalue weighted by Crippen LogP contribution is 2.67. The largest absolute Gasteiger partial charge is 0.479 e. The molecule has 320 valence electrons. The average Bonchev–Trinajstić information content (AvgIpc) is 3.84. The number of aliphatic hydroxyl groups excluding tert-OH is 5. The molecule has 4 aliphatic carbocycles. The van der Waals surface area contributed by atoms with E-state index in [1.165, 1.54) is 5.57 Å². The maximum Gasteiger partial charge on any atom is 0.397 e. The van der Waals surface area contributed by atoms with Gasteiger partial charge < -0.3 is 54.3 Å². The number of hydrogen-bond donors (Lipinski definition) is 7. The highest BCUT2D eigenvalue weighted by molar-refractivity contribution is 7.80. The number of ether oxygens (including phenoxy) is 5. The summed E-state index contributed by atoms with van der Waals surface area (Å²) in [4.78, 5) is 12.0. The molecule has 3 saturated carbocycles. The van der Waals surface area contributed by atoms with Crippen molar-refractivity contribution in [3.05, 3.63) is 11.6 Å². The molecule has 7 aliphatic rings. The minimum atomic E-state index is -4.86. The topological polar surface area (TPSA) is 251 Å². The van der Waals surface area contributed by atoms with E-state index in [0.29, 0.717) is 42.9 Å². The van der Waals surface area contributed by atoms with E-state index in [0.717, 1.165) is 19.3 Å². The van der Waals surface area contributed by atoms with Gasteiger partial charge in [-0.1, -0.05) is 53.2 Å². The van der Waals surface area contributed by atoms with Crippen LogP contribution in [0.3, 0.4) is 0 Å². The van der Waals surface area contributed by atoms with E-state index >= 15 is 0 Å². The SMILES string of the molecule is CC(C)[C@H](C)[C@@H]1O[C@H]1[C@@H](C)[C@H]1CC[C@H]2[C@@H]3C[C@H](OS(=O)(=O)O)[C@H]4C[C@@H](O[C@@H]5O[C@H](C(=O)O)[C@@H](O)[C@H](O)[C@H]5O[C@@H]5OC[C@H](O)[C@H](O)[C@H]5O)CC[C@]4(C)C3=CC[C@]12C. The van der Waals surface area contributed by atoms with Gasteiger partial charge >= 0.3 is 16.4 Å². The summed E-state index contributed by atoms with van der Waals surface area (Å²) in [6.07, 6.45) is -9.71. The number of rotatable bonds is 11. The van der Waals surface area contributed by atoms with E-state index in [2.05, 4.69) is 47.6 Å². The van der Waals surface area contributed by atoms with Gasteiger partial charge in [0.05, 0.1) is 31.0 Å². The molecule has 0 aromatic carbocycles. The van der Waals surface area contributed by atoms with Crippen molar-refractivity contribution in [1.29, 1.82) is 0 Å². The Hall–Kier alpha value is -1.32. The van der Waals surface area contributed by atoms with Gasteiger partial charge in [0.2, 0.25) is 0 Å². The lowest BCUT2D eigenvalue weighted by atomic mass is 9.47. The predicted molar refractivity (Wildman–Crippen MR) is 195 cm³/mol. The van der Waals surface area contributed by atoms with Crippen LogP contribution in [0.15, 0.2) is 11.6 Å². The van der Waals surface area contributed by atoms with Crippen LogP contribution in [0.1, 0.15) is 86.5 Å². The zero-order valence-corrected chi connectivity index (χ0v) is 33.8. The fourth-order valence-electron chi connectivity index (χ4n) is 11.9. The third-order valence-corrected chi connectivity index (χ3v) is 15.9. The van der Waals surface area contributed by atoms with Gasteiger partial charge in [0, 0.05) is 0 Å². The Morgan fingerprint density at radius 1 is 0.875 bits per heavy atom. The lowest BCUT2D eigenvalue weighted by Crippen LogP contribution is -2.64. The second-order valence-electron chi connectivity index (χ2n) is 18.7. The van der Waals surface area contributed by atoms with Crippen LogP contribution < -0.4 is 0 Å². The van der Waals surface area contributed by atoms with E-state index < -0.39 is 102 Å². The van der Waals surface area contributed by atoms with Crippen LogP contribution >= 0.6 is 0 Å². The first-order valence-corrected chi connectivity index (χ1v) is 21.8. The normalized spacial score (nSPS) is 50.3. The first-order chi connectivity index (χ1) is 26.2. The fraction of sp³-hybridized carbons (Fsp3) is 0.923. The Bertz CT molecular complexity index is 1590. The Morgan fingerprint density at radius 2 is 1.59 bits per heavy atom. The number of fused-ring (bicyclic) bond motifs is 5. The molecule has 7 rings (SSSR count). The number of aliphatic carboxylic acids is 1. The lowest BCUT2D eigenvalue weighted by molar-refractivity contribution is -0.359. The van der Waals surface area contributed by atoms with Crippen molar-refractivity contribution in [3.63, 3.8) is 0 Å². The highest BCUT2D eigenvalue weighted by Gasteiger charge is 2.63. The molecule has 0 aromatic heterocycles. The van der Waals surface area contributed by atoms with Crippen LogP contribution in [-0.2, 0) is 43.1 Å². The third-order valence-electron chi connectivity index (χ3n) is 15.4. The Morgan fingerprint density at radius 3 is 2.25 bits per heavy atom. The molecule has 7 N–H and O–H groups in total. The van der Waals surface area contributed by atoms with Crippen LogP contribution in [0.25, 0.3) is 0 Å². The summed E-state index contributed by atoms with van der Waals surface area (Å²) in [5.74, 6) is 0.0835. The molecule has 3 heterocycles. The second kappa shape index (κ2) is 15.6. The highest BCUT2D eigenvalue weighted by atomic mass is 32.3. The summed E-state index contributed by atoms with van der Waals surface area (Å²) in [6.45, 7) is 13.1. The quantitative estimate of drug-likeness (QED) is 0.0680. The molecule has 21 atom stereocenters. The van der Waals surface area contributed by atoms with Gasteiger partial charge in [-0.05, 0) is 97.2 Å². The van der Waals surface area contributed by atoms with E-state index in [1.807, 2.05) is 0 Å². The number of allylic oxidation sites excluding steroid dienone is 2. The molecular formula is C39H62O16S. The molecule has 0 amide bonds. The first-order valence-electron chi connectivity index (χ1n) is 20.4. The second-order valence-corrected chi connectivity index (χ2v) is 19.8. The maximum atomic E-state index is 12.4. The number of epoxide rings is 1. The van der Waals surface area contributed by atoms with Crippen LogP contribution in [0.4, 0.5) is 0 Å². The average molecular weight is 819 g/mol. The van der Waals surface area contributed by atoms with Gasteiger partial charge in [-0.3, -0.25) is 4.55 Å². The smallest absolute Gasteiger partial charge is 0.397 e. The van der Waals surface area contributed by atoms with E-state index in [-0.39, 0.29) is 35.9 Å². The summed E-state index contributed by atoms with van der Waals surface area (Å²) < 4.78 is 69.9. The number of carboxylic acid groups (broad SMARTS) is 1. The molecule has 0 spiro atoms. The van der Waals surface area contributed by atoms with E-state index in [9.17, 15) is 48.4 Å². The van der Waals surface area contributed by atoms with Gasteiger partial charge in [-0.2, -0.15) is 8.42 Å². The molecule has 0 unspecified atom stereocenters. The Labute approximate surface area is 328 Å². The number of aliphatic hydroxyl groups is 5. The van der Waals surface area contributed by atoms with E-state index in [1.54, 1.807) is 0 Å². The molecule has 0 radical (unpaired) electrons. The van der Waals surface area contributed by atoms with Crippen LogP contribution in [0, 0.1) is 52.3 Å². The number of carboxylic acids is 1. The molecule has 3 aliphatic heterocycles. The van der Waals surface area contributed by atoms with Crippen LogP contribution in [0.5, 0.6) is 0 Å². The predicted octanol–water partition coefficient (Wildman–Crippen LogP) is 1.80. The molecule has 56 heavy (non-hydrogen) atoms. The monoisotopic (exact) mass is 818 g/mol. The van der Waals surface area contributed by atoms with Crippen molar-refractivity contribution < 1.29 is 76.3 Å². The Balaban J connectivity index is 1.12. The van der Waals surface area contributed by atoms with Crippen molar-refractivity contribution >= 4 is 16.4 Å². The van der Waals surface area contributed by atoms with Gasteiger partial charge in [0.15, 0.2) is 18.7 Å². The molecule has 0 aromatic rings. The first kappa shape index (κ1) is 42.8. The van der Waals surface area contributed by atoms with Crippen molar-refractivity contribution in [2.24, 2.45) is 52.3 Å². The van der Waals surface area contributed by atoms with Gasteiger partial charge in [-0.25, -0.2) is 8.98 Å². The van der Waals surface area contributed by atoms with Crippen LogP contribution in [0.2, 0.25) is 0 Å². The van der Waals surface area contributed by atoms with Crippen molar-refractivity contribution in [2.45, 2.75) is 166 Å². The van der Waals surface area contributed by atoms with Crippen molar-refractivity contribution in [2.75, 3.05) is 6.61 Å². The molecule has 17 heteroatoms. The van der Waals surface area contributed by atoms with Gasteiger partial charge in [0.25, 0.3) is 0 Å². The maximum absolute atomic E-state index is 12.4. The number of carbonyl (C=O) groups is 1. The zero-order valence-electron chi connectivity index (χ0n) is 33.0. The van der Waals surface area contributed by atoms with E-state index in [4.69, 9.17) is 27.9 Å². The van der Waals surface area contributed by atoms with Gasteiger partial charge in [-0.15, -0.1) is 0 Å². The Kier molecular flexibility index (Phi) is 11.9. The molecule has 0 bridgehead atoms. The summed E-state index contributed by atoms with van der Waals surface area (Å²) >= 11 is 0. The summed E-state index contributed by atoms with van der Waals surface area (Å²) in [5, 5.41) is 62.2.